The summed E-state index contributed by atoms with van der Waals surface area (Å²) in [7, 11) is 0. The second-order valence-electron chi connectivity index (χ2n) is 3.78. The van der Waals surface area contributed by atoms with E-state index in [4.69, 9.17) is 4.74 Å². The van der Waals surface area contributed by atoms with Gasteiger partial charge in [-0.15, -0.1) is 11.3 Å². The van der Waals surface area contributed by atoms with Gasteiger partial charge in [-0.25, -0.2) is 4.79 Å². The molecule has 0 fully saturated rings. The summed E-state index contributed by atoms with van der Waals surface area (Å²) in [5, 5.41) is 6.74. The molecule has 0 aliphatic rings. The number of aromatic nitrogens is 1. The Morgan fingerprint density at radius 2 is 2.25 bits per heavy atom. The molecule has 3 aromatic rings. The van der Waals surface area contributed by atoms with Gasteiger partial charge in [0.1, 0.15) is 10.5 Å². The number of aldehydes is 1. The maximum Gasteiger partial charge on any atom is 0.354 e. The van der Waals surface area contributed by atoms with Crippen LogP contribution < -0.4 is 0 Å². The van der Waals surface area contributed by atoms with Crippen LogP contribution in [-0.2, 0) is 4.74 Å². The molecular weight excluding hydrogens is 294 g/mol. The molecule has 104 valence electrons. The molecule has 0 unspecified atom stereocenters. The molecule has 3 aromatic heterocycles. The van der Waals surface area contributed by atoms with Gasteiger partial charge < -0.3 is 9.72 Å². The highest BCUT2D eigenvalue weighted by molar-refractivity contribution is 7.16. The lowest BCUT2D eigenvalue weighted by atomic mass is 10.4. The first-order valence-electron chi connectivity index (χ1n) is 5.95. The van der Waals surface area contributed by atoms with Crippen LogP contribution in [0.15, 0.2) is 34.3 Å². The van der Waals surface area contributed by atoms with Crippen LogP contribution in [0.25, 0.3) is 10.2 Å². The molecule has 0 radical (unpaired) electrons. The van der Waals surface area contributed by atoms with Crippen molar-refractivity contribution in [3.63, 3.8) is 0 Å². The van der Waals surface area contributed by atoms with Gasteiger partial charge >= 0.3 is 5.97 Å². The molecule has 4 nitrogen and oxygen atoms in total. The number of esters is 1. The first-order valence-corrected chi connectivity index (χ1v) is 7.77. The zero-order valence-electron chi connectivity index (χ0n) is 10.8. The van der Waals surface area contributed by atoms with Crippen molar-refractivity contribution in [1.29, 1.82) is 0 Å². The maximum absolute atomic E-state index is 11.3. The topological polar surface area (TPSA) is 59.2 Å². The van der Waals surface area contributed by atoms with Crippen LogP contribution in [-0.4, -0.2) is 23.8 Å². The third-order valence-corrected chi connectivity index (χ3v) is 3.97. The van der Waals surface area contributed by atoms with E-state index in [0.717, 1.165) is 22.1 Å². The Morgan fingerprint density at radius 1 is 1.40 bits per heavy atom. The lowest BCUT2D eigenvalue weighted by molar-refractivity contribution is 0.0520. The van der Waals surface area contributed by atoms with Crippen LogP contribution in [0, 0.1) is 0 Å². The fraction of sp³-hybridized carbons (Fsp3) is 0.143. The van der Waals surface area contributed by atoms with Crippen molar-refractivity contribution < 1.29 is 14.3 Å². The average molecular weight is 307 g/mol. The number of hydrogen-bond acceptors (Lipinski definition) is 5. The van der Waals surface area contributed by atoms with Gasteiger partial charge in [0.15, 0.2) is 6.29 Å². The fourth-order valence-corrected chi connectivity index (χ4v) is 2.90. The van der Waals surface area contributed by atoms with Gasteiger partial charge in [-0.3, -0.25) is 4.79 Å². The summed E-state index contributed by atoms with van der Waals surface area (Å²) in [6, 6.07) is 5.57. The second-order valence-corrected chi connectivity index (χ2v) is 5.48. The number of aromatic amines is 1. The molecule has 6 heteroatoms. The molecule has 1 N–H and O–H groups in total. The van der Waals surface area contributed by atoms with Crippen molar-refractivity contribution in [1.82, 2.24) is 4.98 Å². The first kappa shape index (κ1) is 14.5. The summed E-state index contributed by atoms with van der Waals surface area (Å²) >= 11 is 3.11. The van der Waals surface area contributed by atoms with E-state index in [2.05, 4.69) is 4.98 Å². The standard InChI is InChI=1S/C9H9NO2S.C5H4OS/c1-2-12-9(11)7-5-6-3-4-13-8(6)10-7;6-3-5-1-2-7-4-5/h3-5,10H,2H2,1H3;1-4H. The highest BCUT2D eigenvalue weighted by Crippen LogP contribution is 2.21. The van der Waals surface area contributed by atoms with E-state index >= 15 is 0 Å². The Morgan fingerprint density at radius 3 is 2.80 bits per heavy atom. The van der Waals surface area contributed by atoms with E-state index in [9.17, 15) is 9.59 Å². The van der Waals surface area contributed by atoms with Gasteiger partial charge in [0, 0.05) is 16.3 Å². The summed E-state index contributed by atoms with van der Waals surface area (Å²) in [5.74, 6) is -0.286. The third-order valence-electron chi connectivity index (χ3n) is 2.42. The molecule has 0 saturated carbocycles. The predicted molar refractivity (Wildman–Crippen MR) is 81.8 cm³/mol. The minimum Gasteiger partial charge on any atom is -0.461 e. The van der Waals surface area contributed by atoms with Crippen molar-refractivity contribution in [3.05, 3.63) is 45.6 Å². The lowest BCUT2D eigenvalue weighted by Gasteiger charge is -1.96. The van der Waals surface area contributed by atoms with Crippen LogP contribution in [0.3, 0.4) is 0 Å². The van der Waals surface area contributed by atoms with Crippen LogP contribution >= 0.6 is 22.7 Å². The Labute approximate surface area is 124 Å². The normalized spacial score (nSPS) is 9.85. The number of fused-ring (bicyclic) bond motifs is 1. The molecule has 0 amide bonds. The number of hydrogen-bond donors (Lipinski definition) is 1. The van der Waals surface area contributed by atoms with E-state index in [1.54, 1.807) is 24.3 Å². The minimum atomic E-state index is -0.286. The van der Waals surface area contributed by atoms with Gasteiger partial charge in [-0.2, -0.15) is 11.3 Å². The number of nitrogens with one attached hydrogen (secondary N) is 1. The Bertz CT molecular complexity index is 654. The summed E-state index contributed by atoms with van der Waals surface area (Å²) in [6.45, 7) is 2.20. The SMILES string of the molecule is CCOC(=O)c1cc2ccsc2[nH]1.O=Cc1ccsc1. The number of thiophene rings is 2. The van der Waals surface area contributed by atoms with Crippen molar-refractivity contribution >= 4 is 45.1 Å². The Kier molecular flexibility index (Phi) is 5.09. The van der Waals surface area contributed by atoms with E-state index in [0.29, 0.717) is 12.3 Å². The van der Waals surface area contributed by atoms with Gasteiger partial charge in [-0.1, -0.05) is 0 Å². The molecule has 0 atom stereocenters. The van der Waals surface area contributed by atoms with Crippen LogP contribution in [0.4, 0.5) is 0 Å². The van der Waals surface area contributed by atoms with Gasteiger partial charge in [0.05, 0.1) is 6.61 Å². The number of carbonyl (C=O) groups is 2. The minimum absolute atomic E-state index is 0.286. The maximum atomic E-state index is 11.3. The summed E-state index contributed by atoms with van der Waals surface area (Å²) in [6.07, 6.45) is 0.844. The van der Waals surface area contributed by atoms with E-state index < -0.39 is 0 Å². The number of H-pyrrole nitrogens is 1. The number of ether oxygens (including phenoxy) is 1. The lowest BCUT2D eigenvalue weighted by Crippen LogP contribution is -2.04. The molecule has 0 saturated heterocycles. The highest BCUT2D eigenvalue weighted by Gasteiger charge is 2.09. The number of carbonyl (C=O) groups excluding carboxylic acids is 2. The average Bonchev–Trinajstić information content (AvgIpc) is 3.16. The molecule has 3 heterocycles. The smallest absolute Gasteiger partial charge is 0.354 e. The molecule has 0 aliphatic carbocycles. The predicted octanol–water partition coefficient (Wildman–Crippen LogP) is 3.97. The number of rotatable bonds is 3. The summed E-state index contributed by atoms with van der Waals surface area (Å²) in [5.41, 5.74) is 1.30. The molecule has 3 rings (SSSR count). The van der Waals surface area contributed by atoms with Gasteiger partial charge in [-0.05, 0) is 35.9 Å². The van der Waals surface area contributed by atoms with E-state index in [1.807, 2.05) is 28.3 Å². The largest absolute Gasteiger partial charge is 0.461 e. The van der Waals surface area contributed by atoms with Gasteiger partial charge in [0.25, 0.3) is 0 Å². The first-order chi connectivity index (χ1) is 9.74. The zero-order valence-corrected chi connectivity index (χ0v) is 12.4. The molecule has 0 aliphatic heterocycles. The van der Waals surface area contributed by atoms with Crippen molar-refractivity contribution in [3.8, 4) is 0 Å². The van der Waals surface area contributed by atoms with Crippen LogP contribution in [0.1, 0.15) is 27.8 Å². The van der Waals surface area contributed by atoms with Crippen LogP contribution in [0.2, 0.25) is 0 Å². The van der Waals surface area contributed by atoms with Crippen molar-refractivity contribution in [2.75, 3.05) is 6.61 Å². The molecule has 0 bridgehead atoms. The van der Waals surface area contributed by atoms with Crippen LogP contribution in [0.5, 0.6) is 0 Å². The van der Waals surface area contributed by atoms with E-state index in [-0.39, 0.29) is 5.97 Å². The Hall–Kier alpha value is -1.92. The highest BCUT2D eigenvalue weighted by atomic mass is 32.1. The second kappa shape index (κ2) is 7.02. The van der Waals surface area contributed by atoms with E-state index in [1.165, 1.54) is 11.3 Å². The summed E-state index contributed by atoms with van der Waals surface area (Å²) in [4.78, 5) is 25.2. The molecule has 0 spiro atoms. The quantitative estimate of drug-likeness (QED) is 0.588. The monoisotopic (exact) mass is 307 g/mol. The van der Waals surface area contributed by atoms with Crippen molar-refractivity contribution in [2.24, 2.45) is 0 Å². The molecular formula is C14H13NO3S2. The zero-order chi connectivity index (χ0) is 14.4. The van der Waals surface area contributed by atoms with Crippen molar-refractivity contribution in [2.45, 2.75) is 6.92 Å². The summed E-state index contributed by atoms with van der Waals surface area (Å²) < 4.78 is 4.86. The molecule has 20 heavy (non-hydrogen) atoms. The van der Waals surface area contributed by atoms with Gasteiger partial charge in [0.2, 0.25) is 0 Å². The third kappa shape index (κ3) is 3.55. The fourth-order valence-electron chi connectivity index (χ4n) is 1.51. The molecule has 0 aromatic carbocycles. The Balaban J connectivity index is 0.000000178.